The van der Waals surface area contributed by atoms with Crippen molar-refractivity contribution in [1.29, 1.82) is 0 Å². The zero-order valence-corrected chi connectivity index (χ0v) is 10.5. The number of aryl methyl sites for hydroxylation is 1. The fourth-order valence-corrected chi connectivity index (χ4v) is 1.48. The van der Waals surface area contributed by atoms with Crippen LogP contribution in [0.5, 0.6) is 11.5 Å². The Bertz CT molecular complexity index is 580. The van der Waals surface area contributed by atoms with Crippen LogP contribution in [0, 0.1) is 6.92 Å². The van der Waals surface area contributed by atoms with Crippen LogP contribution in [-0.2, 0) is 6.61 Å². The fourth-order valence-electron chi connectivity index (χ4n) is 1.48. The van der Waals surface area contributed by atoms with Gasteiger partial charge in [-0.2, -0.15) is 0 Å². The molecule has 0 spiro atoms. The van der Waals surface area contributed by atoms with Gasteiger partial charge in [-0.25, -0.2) is 4.63 Å². The first kappa shape index (κ1) is 12.9. The lowest BCUT2D eigenvalue weighted by Crippen LogP contribution is -2.00. The minimum atomic E-state index is 0.235. The molecule has 19 heavy (non-hydrogen) atoms. The predicted molar refractivity (Wildman–Crippen MR) is 65.7 cm³/mol. The molecule has 0 radical (unpaired) electrons. The van der Waals surface area contributed by atoms with Crippen molar-refractivity contribution >= 4 is 6.21 Å². The average molecular weight is 263 g/mol. The maximum atomic E-state index is 8.48. The first-order valence-electron chi connectivity index (χ1n) is 5.51. The Morgan fingerprint density at radius 2 is 2.21 bits per heavy atom. The van der Waals surface area contributed by atoms with E-state index in [1.807, 2.05) is 0 Å². The highest BCUT2D eigenvalue weighted by Crippen LogP contribution is 2.28. The van der Waals surface area contributed by atoms with Gasteiger partial charge in [-0.1, -0.05) is 15.5 Å². The molecule has 0 bridgehead atoms. The molecule has 0 saturated carbocycles. The molecule has 7 nitrogen and oxygen atoms in total. The number of aromatic nitrogens is 2. The summed E-state index contributed by atoms with van der Waals surface area (Å²) in [6, 6.07) is 5.16. The molecule has 0 aliphatic carbocycles. The van der Waals surface area contributed by atoms with Gasteiger partial charge in [0.05, 0.1) is 13.3 Å². The van der Waals surface area contributed by atoms with E-state index in [4.69, 9.17) is 14.7 Å². The first-order valence-corrected chi connectivity index (χ1v) is 5.51. The quantitative estimate of drug-likeness (QED) is 0.502. The molecule has 1 aromatic heterocycles. The molecule has 100 valence electrons. The zero-order valence-electron chi connectivity index (χ0n) is 10.5. The molecule has 0 unspecified atom stereocenters. The van der Waals surface area contributed by atoms with E-state index < -0.39 is 0 Å². The third-order valence-electron chi connectivity index (χ3n) is 2.51. The van der Waals surface area contributed by atoms with Gasteiger partial charge in [0.2, 0.25) is 0 Å². The molecule has 2 aromatic rings. The van der Waals surface area contributed by atoms with Gasteiger partial charge in [-0.05, 0) is 25.1 Å². The van der Waals surface area contributed by atoms with E-state index >= 15 is 0 Å². The van der Waals surface area contributed by atoms with Crippen molar-refractivity contribution in [2.24, 2.45) is 5.16 Å². The molecule has 0 amide bonds. The second kappa shape index (κ2) is 5.85. The van der Waals surface area contributed by atoms with Crippen molar-refractivity contribution in [3.63, 3.8) is 0 Å². The third-order valence-corrected chi connectivity index (χ3v) is 2.51. The van der Waals surface area contributed by atoms with Crippen LogP contribution < -0.4 is 9.47 Å². The van der Waals surface area contributed by atoms with Gasteiger partial charge in [0.1, 0.15) is 18.0 Å². The molecule has 1 aromatic carbocycles. The Labute approximate surface area is 109 Å². The van der Waals surface area contributed by atoms with Crippen molar-refractivity contribution in [3.8, 4) is 11.5 Å². The minimum Gasteiger partial charge on any atom is -0.493 e. The minimum absolute atomic E-state index is 0.235. The summed E-state index contributed by atoms with van der Waals surface area (Å²) < 4.78 is 15.4. The van der Waals surface area contributed by atoms with Gasteiger partial charge < -0.3 is 14.7 Å². The molecule has 0 saturated heterocycles. The summed E-state index contributed by atoms with van der Waals surface area (Å²) in [6.07, 6.45) is 1.30. The number of hydrogen-bond acceptors (Lipinski definition) is 7. The summed E-state index contributed by atoms with van der Waals surface area (Å²) in [5.41, 5.74) is 2.01. The largest absolute Gasteiger partial charge is 0.493 e. The smallest absolute Gasteiger partial charge is 0.161 e. The van der Waals surface area contributed by atoms with Crippen molar-refractivity contribution < 1.29 is 19.3 Å². The molecule has 7 heteroatoms. The van der Waals surface area contributed by atoms with Crippen LogP contribution in [0.2, 0.25) is 0 Å². The van der Waals surface area contributed by atoms with Crippen LogP contribution in [0.1, 0.15) is 17.0 Å². The molecule has 0 fully saturated rings. The average Bonchev–Trinajstić information content (AvgIpc) is 2.83. The Morgan fingerprint density at radius 3 is 2.84 bits per heavy atom. The number of nitrogens with zero attached hydrogens (tertiary/aromatic N) is 3. The Morgan fingerprint density at radius 1 is 1.37 bits per heavy atom. The summed E-state index contributed by atoms with van der Waals surface area (Å²) in [5.74, 6) is 1.09. The second-order valence-corrected chi connectivity index (χ2v) is 3.74. The van der Waals surface area contributed by atoms with Crippen LogP contribution in [0.25, 0.3) is 0 Å². The lowest BCUT2D eigenvalue weighted by molar-refractivity contribution is 0.260. The van der Waals surface area contributed by atoms with Crippen LogP contribution in [-0.4, -0.2) is 28.8 Å². The van der Waals surface area contributed by atoms with E-state index in [2.05, 4.69) is 20.1 Å². The molecular formula is C12H13N3O4. The molecule has 0 atom stereocenters. The maximum Gasteiger partial charge on any atom is 0.161 e. The van der Waals surface area contributed by atoms with Crippen LogP contribution >= 0.6 is 0 Å². The Hall–Kier alpha value is -2.57. The predicted octanol–water partition coefficient (Wildman–Crippen LogP) is 1.77. The fraction of sp³-hybridized carbons (Fsp3) is 0.250. The van der Waals surface area contributed by atoms with Crippen molar-refractivity contribution in [3.05, 3.63) is 35.2 Å². The molecule has 0 aliphatic rings. The van der Waals surface area contributed by atoms with Gasteiger partial charge in [0, 0.05) is 5.56 Å². The Balaban J connectivity index is 2.13. The summed E-state index contributed by atoms with van der Waals surface area (Å²) >= 11 is 0. The van der Waals surface area contributed by atoms with Crippen molar-refractivity contribution in [1.82, 2.24) is 10.3 Å². The first-order chi connectivity index (χ1) is 9.24. The van der Waals surface area contributed by atoms with Gasteiger partial charge in [0.25, 0.3) is 0 Å². The standard InChI is InChI=1S/C12H13N3O4/c1-8-10(15-19-14-8)7-18-11-4-3-9(6-13-16)5-12(11)17-2/h3-6,16H,7H2,1-2H3/b13-6+. The van der Waals surface area contributed by atoms with E-state index in [9.17, 15) is 0 Å². The van der Waals surface area contributed by atoms with E-state index in [0.717, 1.165) is 0 Å². The SMILES string of the molecule is COc1cc(/C=N/O)ccc1OCc1nonc1C. The number of rotatable bonds is 5. The number of ether oxygens (including phenoxy) is 2. The molecule has 1 N–H and O–H groups in total. The summed E-state index contributed by atoms with van der Waals surface area (Å²) in [5, 5.41) is 18.8. The van der Waals surface area contributed by atoms with E-state index in [1.165, 1.54) is 13.3 Å². The van der Waals surface area contributed by atoms with Gasteiger partial charge in [-0.3, -0.25) is 0 Å². The number of oxime groups is 1. The number of benzene rings is 1. The topological polar surface area (TPSA) is 90.0 Å². The zero-order chi connectivity index (χ0) is 13.7. The van der Waals surface area contributed by atoms with E-state index in [0.29, 0.717) is 28.5 Å². The molecule has 0 aliphatic heterocycles. The summed E-state index contributed by atoms with van der Waals surface area (Å²) in [6.45, 7) is 2.02. The second-order valence-electron chi connectivity index (χ2n) is 3.74. The van der Waals surface area contributed by atoms with E-state index in [-0.39, 0.29) is 6.61 Å². The van der Waals surface area contributed by atoms with Crippen LogP contribution in [0.3, 0.4) is 0 Å². The van der Waals surface area contributed by atoms with Gasteiger partial charge in [-0.15, -0.1) is 0 Å². The highest BCUT2D eigenvalue weighted by atomic mass is 16.6. The summed E-state index contributed by atoms with van der Waals surface area (Å²) in [4.78, 5) is 0. The van der Waals surface area contributed by atoms with E-state index in [1.54, 1.807) is 25.1 Å². The lowest BCUT2D eigenvalue weighted by atomic mass is 10.2. The van der Waals surface area contributed by atoms with Crippen LogP contribution in [0.4, 0.5) is 0 Å². The van der Waals surface area contributed by atoms with Crippen LogP contribution in [0.15, 0.2) is 28.0 Å². The highest BCUT2D eigenvalue weighted by molar-refractivity contribution is 5.80. The number of hydrogen-bond donors (Lipinski definition) is 1. The number of methoxy groups -OCH3 is 1. The lowest BCUT2D eigenvalue weighted by Gasteiger charge is -2.10. The van der Waals surface area contributed by atoms with Gasteiger partial charge >= 0.3 is 0 Å². The monoisotopic (exact) mass is 263 g/mol. The molecule has 2 rings (SSSR count). The van der Waals surface area contributed by atoms with Crippen molar-refractivity contribution in [2.75, 3.05) is 7.11 Å². The Kier molecular flexibility index (Phi) is 3.97. The molecular weight excluding hydrogens is 250 g/mol. The normalized spacial score (nSPS) is 10.8. The highest BCUT2D eigenvalue weighted by Gasteiger charge is 2.09. The summed E-state index contributed by atoms with van der Waals surface area (Å²) in [7, 11) is 1.53. The molecule has 1 heterocycles. The third kappa shape index (κ3) is 3.01. The van der Waals surface area contributed by atoms with Gasteiger partial charge in [0.15, 0.2) is 11.5 Å². The van der Waals surface area contributed by atoms with Crippen molar-refractivity contribution in [2.45, 2.75) is 13.5 Å². The maximum absolute atomic E-state index is 8.48.